The molecule has 132 valence electrons. The Balaban J connectivity index is 2.27. The van der Waals surface area contributed by atoms with Crippen LogP contribution in [0.2, 0.25) is 0 Å². The largest absolute Gasteiger partial charge is 0.453 e. The van der Waals surface area contributed by atoms with Crippen LogP contribution in [0.4, 0.5) is 26.3 Å². The number of aromatic nitrogens is 3. The predicted molar refractivity (Wildman–Crippen MR) is 77.2 cm³/mol. The highest BCUT2D eigenvalue weighted by atomic mass is 32.2. The van der Waals surface area contributed by atoms with Gasteiger partial charge in [0.25, 0.3) is 5.82 Å². The molecule has 0 aliphatic carbocycles. The van der Waals surface area contributed by atoms with Crippen molar-refractivity contribution in [3.05, 3.63) is 35.4 Å². The molecule has 3 nitrogen and oxygen atoms in total. The van der Waals surface area contributed by atoms with Crippen LogP contribution in [-0.4, -0.2) is 26.7 Å². The molecule has 0 aliphatic rings. The first kappa shape index (κ1) is 18.6. The van der Waals surface area contributed by atoms with Crippen LogP contribution in [0.25, 0.3) is 5.69 Å². The molecule has 2 aromatic rings. The number of thioether (sulfide) groups is 1. The minimum absolute atomic E-state index is 0.169. The molecule has 0 saturated carbocycles. The molecular weight excluding hydrogens is 356 g/mol. The van der Waals surface area contributed by atoms with Gasteiger partial charge in [0.05, 0.1) is 12.1 Å². The van der Waals surface area contributed by atoms with Gasteiger partial charge in [-0.15, -0.1) is 16.9 Å². The van der Waals surface area contributed by atoms with E-state index in [-0.39, 0.29) is 5.75 Å². The van der Waals surface area contributed by atoms with Gasteiger partial charge in [-0.25, -0.2) is 9.67 Å². The molecule has 0 atom stereocenters. The monoisotopic (exact) mass is 369 g/mol. The first-order valence-corrected chi connectivity index (χ1v) is 7.76. The standard InChI is InChI=1S/C14H13F6N3S/c1-8-5-9(2)11(24-4-3-13(15,16)17)6-10(8)23-7-21-12(22-23)14(18,19)20/h5-7H,3-4H2,1-2H3. The van der Waals surface area contributed by atoms with Gasteiger partial charge >= 0.3 is 12.4 Å². The molecule has 1 aromatic carbocycles. The summed E-state index contributed by atoms with van der Waals surface area (Å²) in [5, 5.41) is 3.39. The van der Waals surface area contributed by atoms with E-state index in [0.717, 1.165) is 28.3 Å². The normalized spacial score (nSPS) is 12.7. The molecule has 1 heterocycles. The second-order valence-electron chi connectivity index (χ2n) is 5.13. The SMILES string of the molecule is Cc1cc(C)c(-n2cnc(C(F)(F)F)n2)cc1SCCC(F)(F)F. The molecule has 0 spiro atoms. The summed E-state index contributed by atoms with van der Waals surface area (Å²) >= 11 is 1.00. The van der Waals surface area contributed by atoms with Crippen LogP contribution in [0.1, 0.15) is 23.4 Å². The summed E-state index contributed by atoms with van der Waals surface area (Å²) in [4.78, 5) is 3.78. The second kappa shape index (κ2) is 6.66. The number of benzene rings is 1. The molecule has 0 unspecified atom stereocenters. The van der Waals surface area contributed by atoms with Gasteiger partial charge < -0.3 is 0 Å². The minimum atomic E-state index is -4.66. The maximum absolute atomic E-state index is 12.6. The first-order chi connectivity index (χ1) is 11.0. The number of rotatable bonds is 4. The summed E-state index contributed by atoms with van der Waals surface area (Å²) in [5.41, 5.74) is 1.74. The topological polar surface area (TPSA) is 30.7 Å². The van der Waals surface area contributed by atoms with Crippen LogP contribution in [0.3, 0.4) is 0 Å². The lowest BCUT2D eigenvalue weighted by molar-refractivity contribution is -0.144. The summed E-state index contributed by atoms with van der Waals surface area (Å²) < 4.78 is 75.5. The summed E-state index contributed by atoms with van der Waals surface area (Å²) in [5.74, 6) is -1.44. The van der Waals surface area contributed by atoms with Crippen LogP contribution >= 0.6 is 11.8 Å². The highest BCUT2D eigenvalue weighted by molar-refractivity contribution is 7.99. The second-order valence-corrected chi connectivity index (χ2v) is 6.27. The zero-order valence-corrected chi connectivity index (χ0v) is 13.5. The van der Waals surface area contributed by atoms with Crippen molar-refractivity contribution in [3.63, 3.8) is 0 Å². The Morgan fingerprint density at radius 3 is 2.25 bits per heavy atom. The Bertz CT molecular complexity index is 720. The van der Waals surface area contributed by atoms with Crippen LogP contribution in [0.5, 0.6) is 0 Å². The Morgan fingerprint density at radius 2 is 1.71 bits per heavy atom. The van der Waals surface area contributed by atoms with Gasteiger partial charge in [0.15, 0.2) is 0 Å². The third-order valence-electron chi connectivity index (χ3n) is 3.13. The molecular formula is C14H13F6N3S. The van der Waals surface area contributed by atoms with Gasteiger partial charge in [0.1, 0.15) is 6.33 Å². The van der Waals surface area contributed by atoms with Crippen molar-refractivity contribution in [2.75, 3.05) is 5.75 Å². The highest BCUT2D eigenvalue weighted by Gasteiger charge is 2.36. The Kier molecular flexibility index (Phi) is 5.17. The maximum atomic E-state index is 12.6. The van der Waals surface area contributed by atoms with Crippen molar-refractivity contribution in [3.8, 4) is 5.69 Å². The fourth-order valence-electron chi connectivity index (χ4n) is 2.01. The van der Waals surface area contributed by atoms with Gasteiger partial charge in [0.2, 0.25) is 0 Å². The number of alkyl halides is 6. The summed E-state index contributed by atoms with van der Waals surface area (Å²) in [7, 11) is 0. The Labute approximate surface area is 138 Å². The van der Waals surface area contributed by atoms with Crippen LogP contribution in [0, 0.1) is 13.8 Å². The molecule has 0 N–H and O–H groups in total. The number of aryl methyl sites for hydroxylation is 2. The van der Waals surface area contributed by atoms with E-state index in [2.05, 4.69) is 10.1 Å². The smallest absolute Gasteiger partial charge is 0.220 e. The average Bonchev–Trinajstić information content (AvgIpc) is 2.89. The van der Waals surface area contributed by atoms with E-state index in [1.165, 1.54) is 6.07 Å². The molecule has 0 saturated heterocycles. The predicted octanol–water partition coefficient (Wildman–Crippen LogP) is 4.95. The Hall–Kier alpha value is -1.71. The van der Waals surface area contributed by atoms with Gasteiger partial charge in [-0.05, 0) is 31.0 Å². The number of halogens is 6. The third kappa shape index (κ3) is 4.65. The maximum Gasteiger partial charge on any atom is 0.453 e. The molecule has 0 aliphatic heterocycles. The molecule has 0 bridgehead atoms. The van der Waals surface area contributed by atoms with Crippen LogP contribution < -0.4 is 0 Å². The van der Waals surface area contributed by atoms with Gasteiger partial charge in [0, 0.05) is 10.6 Å². The highest BCUT2D eigenvalue weighted by Crippen LogP contribution is 2.31. The van der Waals surface area contributed by atoms with Crippen molar-refractivity contribution in [2.24, 2.45) is 0 Å². The lowest BCUT2D eigenvalue weighted by Gasteiger charge is -2.12. The van der Waals surface area contributed by atoms with Crippen LogP contribution in [-0.2, 0) is 6.18 Å². The quantitative estimate of drug-likeness (QED) is 0.565. The first-order valence-electron chi connectivity index (χ1n) is 6.77. The number of nitrogens with zero attached hydrogens (tertiary/aromatic N) is 3. The van der Waals surface area contributed by atoms with E-state index in [1.54, 1.807) is 19.9 Å². The van der Waals surface area contributed by atoms with Crippen molar-refractivity contribution < 1.29 is 26.3 Å². The van der Waals surface area contributed by atoms with Crippen LogP contribution in [0.15, 0.2) is 23.4 Å². The molecule has 1 aromatic heterocycles. The fourth-order valence-corrected chi connectivity index (χ4v) is 3.04. The van der Waals surface area contributed by atoms with E-state index in [9.17, 15) is 26.3 Å². The number of hydrogen-bond donors (Lipinski definition) is 0. The lowest BCUT2D eigenvalue weighted by Crippen LogP contribution is -2.09. The van der Waals surface area contributed by atoms with Gasteiger partial charge in [-0.2, -0.15) is 26.3 Å². The third-order valence-corrected chi connectivity index (χ3v) is 4.29. The van der Waals surface area contributed by atoms with E-state index in [0.29, 0.717) is 16.1 Å². The fraction of sp³-hybridized carbons (Fsp3) is 0.429. The molecule has 2 rings (SSSR count). The molecule has 24 heavy (non-hydrogen) atoms. The number of hydrogen-bond acceptors (Lipinski definition) is 3. The van der Waals surface area contributed by atoms with Crippen molar-refractivity contribution in [1.82, 2.24) is 14.8 Å². The van der Waals surface area contributed by atoms with Crippen molar-refractivity contribution >= 4 is 11.8 Å². The van der Waals surface area contributed by atoms with E-state index in [4.69, 9.17) is 0 Å². The molecule has 0 radical (unpaired) electrons. The van der Waals surface area contributed by atoms with E-state index < -0.39 is 24.6 Å². The van der Waals surface area contributed by atoms with E-state index >= 15 is 0 Å². The van der Waals surface area contributed by atoms with Crippen molar-refractivity contribution in [1.29, 1.82) is 0 Å². The summed E-state index contributed by atoms with van der Waals surface area (Å²) in [6.07, 6.45) is -8.91. The minimum Gasteiger partial charge on any atom is -0.220 e. The van der Waals surface area contributed by atoms with Gasteiger partial charge in [-0.3, -0.25) is 0 Å². The lowest BCUT2D eigenvalue weighted by atomic mass is 10.1. The molecule has 10 heteroatoms. The zero-order chi connectivity index (χ0) is 18.1. The Morgan fingerprint density at radius 1 is 1.04 bits per heavy atom. The molecule has 0 amide bonds. The van der Waals surface area contributed by atoms with Crippen molar-refractivity contribution in [2.45, 2.75) is 37.5 Å². The molecule has 0 fully saturated rings. The summed E-state index contributed by atoms with van der Waals surface area (Å²) in [6, 6.07) is 3.22. The summed E-state index contributed by atoms with van der Waals surface area (Å²) in [6.45, 7) is 3.41. The van der Waals surface area contributed by atoms with Gasteiger partial charge in [-0.1, -0.05) is 6.07 Å². The van der Waals surface area contributed by atoms with E-state index in [1.807, 2.05) is 0 Å². The zero-order valence-electron chi connectivity index (χ0n) is 12.7. The average molecular weight is 369 g/mol.